The van der Waals surface area contributed by atoms with E-state index in [2.05, 4.69) is 22.4 Å². The van der Waals surface area contributed by atoms with Gasteiger partial charge in [-0.3, -0.25) is 9.69 Å². The van der Waals surface area contributed by atoms with Gasteiger partial charge < -0.3 is 9.32 Å². The molecule has 5 nitrogen and oxygen atoms in total. The maximum Gasteiger partial charge on any atom is 0.246 e. The summed E-state index contributed by atoms with van der Waals surface area (Å²) >= 11 is 1.68. The van der Waals surface area contributed by atoms with Crippen LogP contribution >= 0.6 is 11.3 Å². The fourth-order valence-electron chi connectivity index (χ4n) is 3.09. The molecule has 1 aromatic carbocycles. The van der Waals surface area contributed by atoms with Crippen LogP contribution in [0.2, 0.25) is 0 Å². The number of nitrogens with zero attached hydrogens (tertiary/aromatic N) is 3. The first-order valence-electron chi connectivity index (χ1n) is 9.00. The van der Waals surface area contributed by atoms with E-state index in [1.54, 1.807) is 29.8 Å². The second-order valence-corrected chi connectivity index (χ2v) is 7.32. The smallest absolute Gasteiger partial charge is 0.246 e. The van der Waals surface area contributed by atoms with Crippen LogP contribution in [0.4, 0.5) is 0 Å². The molecular formula is C21H21N3O2S. The molecule has 0 radical (unpaired) electrons. The number of rotatable bonds is 5. The highest BCUT2D eigenvalue weighted by Gasteiger charge is 2.20. The molecule has 1 aliphatic heterocycles. The fourth-order valence-corrected chi connectivity index (χ4v) is 3.91. The molecule has 0 bridgehead atoms. The van der Waals surface area contributed by atoms with Gasteiger partial charge in [-0.15, -0.1) is 11.3 Å². The number of carbonyl (C=O) groups is 1. The number of amides is 1. The summed E-state index contributed by atoms with van der Waals surface area (Å²) < 4.78 is 5.22. The van der Waals surface area contributed by atoms with E-state index in [9.17, 15) is 4.79 Å². The van der Waals surface area contributed by atoms with Gasteiger partial charge in [0.25, 0.3) is 0 Å². The Morgan fingerprint density at radius 1 is 1.11 bits per heavy atom. The molecule has 0 aliphatic carbocycles. The predicted octanol–water partition coefficient (Wildman–Crippen LogP) is 3.76. The van der Waals surface area contributed by atoms with Crippen LogP contribution in [0.3, 0.4) is 0 Å². The summed E-state index contributed by atoms with van der Waals surface area (Å²) in [6, 6.07) is 13.9. The Kier molecular flexibility index (Phi) is 5.46. The van der Waals surface area contributed by atoms with Crippen molar-refractivity contribution in [3.63, 3.8) is 0 Å². The van der Waals surface area contributed by atoms with Crippen LogP contribution in [-0.4, -0.2) is 46.9 Å². The van der Waals surface area contributed by atoms with Crippen molar-refractivity contribution < 1.29 is 9.21 Å². The lowest BCUT2D eigenvalue weighted by Gasteiger charge is -2.33. The highest BCUT2D eigenvalue weighted by atomic mass is 32.1. The van der Waals surface area contributed by atoms with Crippen molar-refractivity contribution in [2.75, 3.05) is 26.2 Å². The number of carbonyl (C=O) groups excluding carboxylic acids is 1. The molecular weight excluding hydrogens is 358 g/mol. The standard InChI is InChI=1S/C21H21N3O2S/c25-20(9-8-19-7-4-14-26-19)24-12-10-23(11-13-24)15-18-16-27-21(22-18)17-5-2-1-3-6-17/h1-9,14,16H,10-13,15H2/b9-8+. The predicted molar refractivity (Wildman–Crippen MR) is 107 cm³/mol. The maximum absolute atomic E-state index is 12.3. The summed E-state index contributed by atoms with van der Waals surface area (Å²) in [5.41, 5.74) is 2.25. The van der Waals surface area contributed by atoms with Gasteiger partial charge in [0.1, 0.15) is 10.8 Å². The normalized spacial score (nSPS) is 15.5. The van der Waals surface area contributed by atoms with Gasteiger partial charge in [0.15, 0.2) is 0 Å². The largest absolute Gasteiger partial charge is 0.465 e. The number of hydrogen-bond acceptors (Lipinski definition) is 5. The Balaban J connectivity index is 1.28. The minimum absolute atomic E-state index is 0.0334. The average molecular weight is 379 g/mol. The SMILES string of the molecule is O=C(/C=C/c1ccco1)N1CCN(Cc2csc(-c3ccccc3)n2)CC1. The van der Waals surface area contributed by atoms with E-state index in [4.69, 9.17) is 9.40 Å². The molecule has 1 fully saturated rings. The van der Waals surface area contributed by atoms with Crippen LogP contribution in [-0.2, 0) is 11.3 Å². The number of piperazine rings is 1. The molecule has 1 aliphatic rings. The van der Waals surface area contributed by atoms with E-state index in [1.807, 2.05) is 35.2 Å². The van der Waals surface area contributed by atoms with E-state index in [1.165, 1.54) is 0 Å². The zero-order valence-electron chi connectivity index (χ0n) is 15.0. The molecule has 0 unspecified atom stereocenters. The van der Waals surface area contributed by atoms with Crippen molar-refractivity contribution in [2.45, 2.75) is 6.54 Å². The Morgan fingerprint density at radius 3 is 2.67 bits per heavy atom. The Labute approximate surface area is 162 Å². The third kappa shape index (κ3) is 4.53. The summed E-state index contributed by atoms with van der Waals surface area (Å²) in [5, 5.41) is 3.19. The summed E-state index contributed by atoms with van der Waals surface area (Å²) in [5.74, 6) is 0.728. The van der Waals surface area contributed by atoms with Gasteiger partial charge in [-0.25, -0.2) is 4.98 Å². The Bertz CT molecular complexity index is 895. The quantitative estimate of drug-likeness (QED) is 0.634. The van der Waals surface area contributed by atoms with Crippen LogP contribution in [0.1, 0.15) is 11.5 Å². The van der Waals surface area contributed by atoms with E-state index in [0.29, 0.717) is 5.76 Å². The van der Waals surface area contributed by atoms with Crippen molar-refractivity contribution in [2.24, 2.45) is 0 Å². The van der Waals surface area contributed by atoms with Crippen LogP contribution in [0.15, 0.2) is 64.6 Å². The molecule has 1 saturated heterocycles. The highest BCUT2D eigenvalue weighted by Crippen LogP contribution is 2.24. The van der Waals surface area contributed by atoms with Gasteiger partial charge in [-0.05, 0) is 18.2 Å². The second kappa shape index (κ2) is 8.33. The van der Waals surface area contributed by atoms with Crippen LogP contribution in [0.25, 0.3) is 16.6 Å². The van der Waals surface area contributed by atoms with Crippen LogP contribution in [0, 0.1) is 0 Å². The van der Waals surface area contributed by atoms with E-state index in [-0.39, 0.29) is 5.91 Å². The van der Waals surface area contributed by atoms with Crippen LogP contribution < -0.4 is 0 Å². The van der Waals surface area contributed by atoms with E-state index in [0.717, 1.165) is 49.0 Å². The number of benzene rings is 1. The lowest BCUT2D eigenvalue weighted by atomic mass is 10.2. The first kappa shape index (κ1) is 17.7. The molecule has 138 valence electrons. The first-order valence-corrected chi connectivity index (χ1v) is 9.88. The second-order valence-electron chi connectivity index (χ2n) is 6.46. The molecule has 0 saturated carbocycles. The van der Waals surface area contributed by atoms with E-state index >= 15 is 0 Å². The Hall–Kier alpha value is -2.70. The average Bonchev–Trinajstić information content (AvgIpc) is 3.39. The minimum atomic E-state index is 0.0334. The van der Waals surface area contributed by atoms with Crippen molar-refractivity contribution in [1.82, 2.24) is 14.8 Å². The zero-order valence-corrected chi connectivity index (χ0v) is 15.8. The summed E-state index contributed by atoms with van der Waals surface area (Å²) in [4.78, 5) is 21.3. The lowest BCUT2D eigenvalue weighted by molar-refractivity contribution is -0.127. The van der Waals surface area contributed by atoms with Crippen molar-refractivity contribution in [3.8, 4) is 10.6 Å². The fraction of sp³-hybridized carbons (Fsp3) is 0.238. The molecule has 0 atom stereocenters. The van der Waals surface area contributed by atoms with Crippen LogP contribution in [0.5, 0.6) is 0 Å². The molecule has 1 amide bonds. The molecule has 27 heavy (non-hydrogen) atoms. The summed E-state index contributed by atoms with van der Waals surface area (Å²) in [6.07, 6.45) is 4.90. The monoisotopic (exact) mass is 379 g/mol. The maximum atomic E-state index is 12.3. The molecule has 0 N–H and O–H groups in total. The van der Waals surface area contributed by atoms with Gasteiger partial charge in [-0.1, -0.05) is 30.3 Å². The van der Waals surface area contributed by atoms with E-state index < -0.39 is 0 Å². The molecule has 3 heterocycles. The lowest BCUT2D eigenvalue weighted by Crippen LogP contribution is -2.47. The number of furan rings is 1. The van der Waals surface area contributed by atoms with Crippen molar-refractivity contribution >= 4 is 23.3 Å². The number of hydrogen-bond donors (Lipinski definition) is 0. The summed E-state index contributed by atoms with van der Waals surface area (Å²) in [6.45, 7) is 4.01. The molecule has 2 aromatic heterocycles. The van der Waals surface area contributed by atoms with Gasteiger partial charge in [0.2, 0.25) is 5.91 Å². The number of aromatic nitrogens is 1. The van der Waals surface area contributed by atoms with Gasteiger partial charge in [-0.2, -0.15) is 0 Å². The zero-order chi connectivity index (χ0) is 18.5. The van der Waals surface area contributed by atoms with Crippen molar-refractivity contribution in [1.29, 1.82) is 0 Å². The van der Waals surface area contributed by atoms with Gasteiger partial charge in [0, 0.05) is 49.7 Å². The topological polar surface area (TPSA) is 49.6 Å². The third-order valence-corrected chi connectivity index (χ3v) is 5.52. The summed E-state index contributed by atoms with van der Waals surface area (Å²) in [7, 11) is 0. The molecule has 3 aromatic rings. The molecule has 6 heteroatoms. The minimum Gasteiger partial charge on any atom is -0.465 e. The highest BCUT2D eigenvalue weighted by molar-refractivity contribution is 7.13. The first-order chi connectivity index (χ1) is 13.3. The Morgan fingerprint density at radius 2 is 1.93 bits per heavy atom. The molecule has 4 rings (SSSR count). The third-order valence-electron chi connectivity index (χ3n) is 4.58. The van der Waals surface area contributed by atoms with Crippen molar-refractivity contribution in [3.05, 3.63) is 71.6 Å². The van der Waals surface area contributed by atoms with Gasteiger partial charge in [0.05, 0.1) is 12.0 Å². The van der Waals surface area contributed by atoms with Gasteiger partial charge >= 0.3 is 0 Å². The molecule has 0 spiro atoms. The number of thiazole rings is 1.